The third-order valence-electron chi connectivity index (χ3n) is 6.12. The number of amides is 2. The fourth-order valence-electron chi connectivity index (χ4n) is 3.95. The first-order valence-corrected chi connectivity index (χ1v) is 13.8. The van der Waals surface area contributed by atoms with Crippen molar-refractivity contribution in [3.8, 4) is 5.75 Å². The maximum Gasteiger partial charge on any atom is 0.261 e. The number of unbranched alkanes of at least 4 members (excludes halogenated alkanes) is 1. The number of ether oxygens (including phenoxy) is 1. The van der Waals surface area contributed by atoms with E-state index in [4.69, 9.17) is 16.3 Å². The molecule has 196 valence electrons. The average molecular weight is 586 g/mol. The number of nitrogens with zero attached hydrogens (tertiary/aromatic N) is 1. The monoisotopic (exact) mass is 584 g/mol. The fourth-order valence-corrected chi connectivity index (χ4v) is 4.62. The number of hydrogen-bond acceptors (Lipinski definition) is 3. The van der Waals surface area contributed by atoms with E-state index < -0.39 is 6.04 Å². The Morgan fingerprint density at radius 1 is 0.973 bits per heavy atom. The number of halogens is 2. The Labute approximate surface area is 233 Å². The predicted octanol–water partition coefficient (Wildman–Crippen LogP) is 6.60. The fraction of sp³-hybridized carbons (Fsp3) is 0.333. The molecule has 37 heavy (non-hydrogen) atoms. The highest BCUT2D eigenvalue weighted by molar-refractivity contribution is 9.10. The third kappa shape index (κ3) is 8.90. The Hall–Kier alpha value is -2.83. The van der Waals surface area contributed by atoms with Crippen LogP contribution in [0.2, 0.25) is 5.02 Å². The molecule has 5 nitrogen and oxygen atoms in total. The molecule has 1 N–H and O–H groups in total. The van der Waals surface area contributed by atoms with E-state index in [2.05, 4.69) is 35.1 Å². The number of aryl methyl sites for hydroxylation is 1. The molecule has 2 amide bonds. The summed E-state index contributed by atoms with van der Waals surface area (Å²) in [6, 6.07) is 22.2. The lowest BCUT2D eigenvalue weighted by molar-refractivity contribution is -0.142. The maximum atomic E-state index is 13.7. The molecule has 0 aromatic heterocycles. The first kappa shape index (κ1) is 28.7. The van der Waals surface area contributed by atoms with Gasteiger partial charge >= 0.3 is 0 Å². The van der Waals surface area contributed by atoms with Crippen molar-refractivity contribution in [1.29, 1.82) is 0 Å². The van der Waals surface area contributed by atoms with Gasteiger partial charge in [0.15, 0.2) is 6.61 Å². The molecule has 3 rings (SSSR count). The van der Waals surface area contributed by atoms with Crippen LogP contribution < -0.4 is 10.1 Å². The van der Waals surface area contributed by atoms with Crippen molar-refractivity contribution in [2.75, 3.05) is 13.2 Å². The molecule has 0 saturated carbocycles. The Morgan fingerprint density at radius 2 is 1.68 bits per heavy atom. The molecule has 3 aromatic carbocycles. The topological polar surface area (TPSA) is 58.6 Å². The van der Waals surface area contributed by atoms with Gasteiger partial charge in [0.2, 0.25) is 5.91 Å². The standard InChI is InChI=1S/C30H34BrClN2O3/c1-3-5-17-33-30(36)27(19-23-9-7-6-8-10-23)34(20-24-11-14-25(32)15-12-24)29(35)21-37-28-16-13-22(4-2)18-26(28)31/h6-16,18,27H,3-5,17,19-21H2,1-2H3,(H,33,36)/t27-/m0/s1. The zero-order chi connectivity index (χ0) is 26.6. The minimum absolute atomic E-state index is 0.173. The summed E-state index contributed by atoms with van der Waals surface area (Å²) in [6.45, 7) is 4.79. The van der Waals surface area contributed by atoms with Crippen molar-refractivity contribution in [2.45, 2.75) is 52.1 Å². The minimum atomic E-state index is -0.697. The highest BCUT2D eigenvalue weighted by Gasteiger charge is 2.30. The zero-order valence-corrected chi connectivity index (χ0v) is 23.7. The van der Waals surface area contributed by atoms with Crippen LogP contribution in [0.5, 0.6) is 5.75 Å². The highest BCUT2D eigenvalue weighted by Crippen LogP contribution is 2.26. The van der Waals surface area contributed by atoms with E-state index in [-0.39, 0.29) is 25.0 Å². The first-order valence-electron chi connectivity index (χ1n) is 12.7. The van der Waals surface area contributed by atoms with Crippen molar-refractivity contribution < 1.29 is 14.3 Å². The van der Waals surface area contributed by atoms with E-state index in [1.165, 1.54) is 5.56 Å². The highest BCUT2D eigenvalue weighted by atomic mass is 79.9. The van der Waals surface area contributed by atoms with E-state index in [9.17, 15) is 9.59 Å². The molecule has 0 aliphatic heterocycles. The van der Waals surface area contributed by atoms with Crippen LogP contribution in [-0.2, 0) is 29.0 Å². The van der Waals surface area contributed by atoms with E-state index >= 15 is 0 Å². The predicted molar refractivity (Wildman–Crippen MR) is 153 cm³/mol. The second-order valence-corrected chi connectivity index (χ2v) is 10.2. The van der Waals surface area contributed by atoms with Gasteiger partial charge < -0.3 is 15.0 Å². The summed E-state index contributed by atoms with van der Waals surface area (Å²) in [4.78, 5) is 28.7. The molecule has 0 fully saturated rings. The lowest BCUT2D eigenvalue weighted by Crippen LogP contribution is -2.51. The summed E-state index contributed by atoms with van der Waals surface area (Å²) in [5.74, 6) is 0.144. The Morgan fingerprint density at radius 3 is 2.32 bits per heavy atom. The van der Waals surface area contributed by atoms with Crippen molar-refractivity contribution in [3.05, 3.63) is 99.0 Å². The van der Waals surface area contributed by atoms with E-state index in [1.807, 2.05) is 60.7 Å². The van der Waals surface area contributed by atoms with E-state index in [1.54, 1.807) is 17.0 Å². The smallest absolute Gasteiger partial charge is 0.261 e. The molecule has 0 spiro atoms. The summed E-state index contributed by atoms with van der Waals surface area (Å²) >= 11 is 9.63. The van der Waals surface area contributed by atoms with Gasteiger partial charge in [-0.1, -0.05) is 80.4 Å². The molecule has 0 bridgehead atoms. The summed E-state index contributed by atoms with van der Waals surface area (Å²) in [5.41, 5.74) is 3.03. The van der Waals surface area contributed by atoms with Gasteiger partial charge in [0, 0.05) is 24.5 Å². The van der Waals surface area contributed by atoms with Crippen LogP contribution in [0.4, 0.5) is 0 Å². The Kier molecular flexibility index (Phi) is 11.5. The first-order chi connectivity index (χ1) is 17.9. The third-order valence-corrected chi connectivity index (χ3v) is 6.99. The van der Waals surface area contributed by atoms with Crippen molar-refractivity contribution in [1.82, 2.24) is 10.2 Å². The largest absolute Gasteiger partial charge is 0.483 e. The van der Waals surface area contributed by atoms with Crippen molar-refractivity contribution in [2.24, 2.45) is 0 Å². The average Bonchev–Trinajstić information content (AvgIpc) is 2.91. The van der Waals surface area contributed by atoms with Gasteiger partial charge in [-0.25, -0.2) is 0 Å². The van der Waals surface area contributed by atoms with E-state index in [0.29, 0.717) is 23.7 Å². The Bertz CT molecular complexity index is 1160. The summed E-state index contributed by atoms with van der Waals surface area (Å²) < 4.78 is 6.72. The van der Waals surface area contributed by atoms with Gasteiger partial charge in [0.05, 0.1) is 4.47 Å². The van der Waals surface area contributed by atoms with Gasteiger partial charge in [-0.2, -0.15) is 0 Å². The normalized spacial score (nSPS) is 11.6. The van der Waals surface area contributed by atoms with Gasteiger partial charge in [-0.15, -0.1) is 0 Å². The molecule has 7 heteroatoms. The molecule has 0 radical (unpaired) electrons. The molecule has 3 aromatic rings. The second kappa shape index (κ2) is 14.8. The molecule has 0 heterocycles. The summed E-state index contributed by atoms with van der Waals surface area (Å²) in [6.07, 6.45) is 3.14. The number of carbonyl (C=O) groups excluding carboxylic acids is 2. The summed E-state index contributed by atoms with van der Waals surface area (Å²) in [7, 11) is 0. The number of hydrogen-bond donors (Lipinski definition) is 1. The number of nitrogens with one attached hydrogen (secondary N) is 1. The second-order valence-electron chi connectivity index (χ2n) is 8.91. The van der Waals surface area contributed by atoms with Crippen LogP contribution in [-0.4, -0.2) is 35.9 Å². The molecule has 0 saturated heterocycles. The molecular formula is C30H34BrClN2O3. The zero-order valence-electron chi connectivity index (χ0n) is 21.4. The number of rotatable bonds is 13. The van der Waals surface area contributed by atoms with Crippen molar-refractivity contribution in [3.63, 3.8) is 0 Å². The number of benzene rings is 3. The van der Waals surface area contributed by atoms with Gasteiger partial charge in [-0.3, -0.25) is 9.59 Å². The van der Waals surface area contributed by atoms with Crippen LogP contribution in [0, 0.1) is 0 Å². The molecule has 0 unspecified atom stereocenters. The molecule has 1 atom stereocenters. The quantitative estimate of drug-likeness (QED) is 0.230. The minimum Gasteiger partial charge on any atom is -0.483 e. The lowest BCUT2D eigenvalue weighted by Gasteiger charge is -2.31. The van der Waals surface area contributed by atoms with Crippen LogP contribution in [0.3, 0.4) is 0 Å². The number of carbonyl (C=O) groups is 2. The van der Waals surface area contributed by atoms with Crippen molar-refractivity contribution >= 4 is 39.3 Å². The van der Waals surface area contributed by atoms with Crippen LogP contribution >= 0.6 is 27.5 Å². The summed E-state index contributed by atoms with van der Waals surface area (Å²) in [5, 5.41) is 3.64. The lowest BCUT2D eigenvalue weighted by atomic mass is 10.0. The molecule has 0 aliphatic rings. The van der Waals surface area contributed by atoms with Crippen LogP contribution in [0.15, 0.2) is 77.3 Å². The van der Waals surface area contributed by atoms with Gasteiger partial charge in [0.1, 0.15) is 11.8 Å². The van der Waals surface area contributed by atoms with Gasteiger partial charge in [0.25, 0.3) is 5.91 Å². The van der Waals surface area contributed by atoms with Gasteiger partial charge in [-0.05, 0) is 69.7 Å². The molecule has 0 aliphatic carbocycles. The maximum absolute atomic E-state index is 13.7. The van der Waals surface area contributed by atoms with Crippen LogP contribution in [0.1, 0.15) is 43.4 Å². The van der Waals surface area contributed by atoms with E-state index in [0.717, 1.165) is 34.9 Å². The van der Waals surface area contributed by atoms with Crippen LogP contribution in [0.25, 0.3) is 0 Å². The Balaban J connectivity index is 1.88. The SMILES string of the molecule is CCCCNC(=O)[C@H](Cc1ccccc1)N(Cc1ccc(Cl)cc1)C(=O)COc1ccc(CC)cc1Br. The molecular weight excluding hydrogens is 552 g/mol.